The highest BCUT2D eigenvalue weighted by atomic mass is 79.9. The Hall–Kier alpha value is -2.43. The first-order valence-electron chi connectivity index (χ1n) is 6.74. The van der Waals surface area contributed by atoms with Crippen molar-refractivity contribution in [3.8, 4) is 11.4 Å². The van der Waals surface area contributed by atoms with Gasteiger partial charge in [-0.05, 0) is 28.1 Å². The lowest BCUT2D eigenvalue weighted by molar-refractivity contribution is -0.159. The molecule has 6 nitrogen and oxygen atoms in total. The molecular weight excluding hydrogens is 412 g/mol. The molecule has 0 fully saturated rings. The van der Waals surface area contributed by atoms with E-state index in [9.17, 15) is 22.4 Å². The Kier molecular flexibility index (Phi) is 4.50. The molecule has 1 aromatic carbocycles. The Morgan fingerprint density at radius 2 is 2.08 bits per heavy atom. The minimum absolute atomic E-state index is 0.0439. The maximum absolute atomic E-state index is 14.2. The Morgan fingerprint density at radius 1 is 1.32 bits per heavy atom. The minimum atomic E-state index is -4.79. The molecule has 0 spiro atoms. The van der Waals surface area contributed by atoms with Gasteiger partial charge >= 0.3 is 12.1 Å². The van der Waals surface area contributed by atoms with E-state index in [-0.39, 0.29) is 24.1 Å². The summed E-state index contributed by atoms with van der Waals surface area (Å²) in [6.45, 7) is 0.245. The number of amidine groups is 1. The first kappa shape index (κ1) is 17.4. The molecule has 3 rings (SSSR count). The van der Waals surface area contributed by atoms with Crippen molar-refractivity contribution >= 4 is 32.2 Å². The Balaban J connectivity index is 1.80. The van der Waals surface area contributed by atoms with Crippen LogP contribution in [0.5, 0.6) is 0 Å². The number of alkyl halides is 3. The van der Waals surface area contributed by atoms with Gasteiger partial charge in [0.15, 0.2) is 10.5 Å². The molecule has 0 atom stereocenters. The van der Waals surface area contributed by atoms with E-state index in [0.717, 1.165) is 12.1 Å². The van der Waals surface area contributed by atoms with Crippen LogP contribution in [0.25, 0.3) is 11.4 Å². The first-order valence-corrected chi connectivity index (χ1v) is 7.54. The SMILES string of the molecule is O=C(CC1=NC(Br)=NC1)c1ccc(-c2noc(C(F)(F)F)n2)cc1F. The number of halogens is 5. The number of carbonyl (C=O) groups is 1. The van der Waals surface area contributed by atoms with E-state index in [4.69, 9.17) is 0 Å². The number of carbonyl (C=O) groups excluding carboxylic acids is 1. The second kappa shape index (κ2) is 6.47. The molecule has 1 aliphatic rings. The molecule has 0 bridgehead atoms. The van der Waals surface area contributed by atoms with Gasteiger partial charge < -0.3 is 4.52 Å². The largest absolute Gasteiger partial charge is 0.471 e. The molecule has 1 aliphatic heterocycles. The summed E-state index contributed by atoms with van der Waals surface area (Å²) in [7, 11) is 0. The molecule has 25 heavy (non-hydrogen) atoms. The lowest BCUT2D eigenvalue weighted by atomic mass is 10.0. The van der Waals surface area contributed by atoms with Gasteiger partial charge in [-0.1, -0.05) is 11.2 Å². The molecule has 0 saturated carbocycles. The third kappa shape index (κ3) is 3.81. The summed E-state index contributed by atoms with van der Waals surface area (Å²) in [4.78, 5) is 23.2. The number of rotatable bonds is 4. The summed E-state index contributed by atoms with van der Waals surface area (Å²) >= 11 is 3.06. The average Bonchev–Trinajstić information content (AvgIpc) is 3.16. The number of hydrogen-bond acceptors (Lipinski definition) is 6. The molecule has 11 heteroatoms. The molecule has 2 heterocycles. The van der Waals surface area contributed by atoms with Crippen LogP contribution in [-0.4, -0.2) is 32.9 Å². The summed E-state index contributed by atoms with van der Waals surface area (Å²) in [5.74, 6) is -3.39. The van der Waals surface area contributed by atoms with Crippen molar-refractivity contribution in [1.82, 2.24) is 10.1 Å². The maximum atomic E-state index is 14.2. The van der Waals surface area contributed by atoms with E-state index in [0.29, 0.717) is 10.5 Å². The number of aliphatic imine (C=N–C) groups is 2. The topological polar surface area (TPSA) is 80.7 Å². The number of aromatic nitrogens is 2. The van der Waals surface area contributed by atoms with Gasteiger partial charge in [0.25, 0.3) is 0 Å². The van der Waals surface area contributed by atoms with Gasteiger partial charge in [0, 0.05) is 5.56 Å². The van der Waals surface area contributed by atoms with Crippen LogP contribution in [0.2, 0.25) is 0 Å². The quantitative estimate of drug-likeness (QED) is 0.430. The second-order valence-corrected chi connectivity index (χ2v) is 5.69. The van der Waals surface area contributed by atoms with Crippen molar-refractivity contribution in [2.24, 2.45) is 9.98 Å². The minimum Gasteiger partial charge on any atom is -0.329 e. The zero-order chi connectivity index (χ0) is 18.2. The lowest BCUT2D eigenvalue weighted by Crippen LogP contribution is -2.11. The van der Waals surface area contributed by atoms with E-state index in [1.165, 1.54) is 6.07 Å². The van der Waals surface area contributed by atoms with Gasteiger partial charge in [-0.25, -0.2) is 9.38 Å². The predicted octanol–water partition coefficient (Wildman–Crippen LogP) is 3.67. The van der Waals surface area contributed by atoms with Gasteiger partial charge in [-0.2, -0.15) is 18.2 Å². The van der Waals surface area contributed by atoms with E-state index in [1.54, 1.807) is 0 Å². The van der Waals surface area contributed by atoms with E-state index >= 15 is 0 Å². The highest BCUT2D eigenvalue weighted by Crippen LogP contribution is 2.29. The van der Waals surface area contributed by atoms with Crippen LogP contribution in [0.15, 0.2) is 32.7 Å². The number of ketones is 1. The fourth-order valence-corrected chi connectivity index (χ4v) is 2.45. The molecule has 0 aliphatic carbocycles. The van der Waals surface area contributed by atoms with Crippen LogP contribution in [0.1, 0.15) is 22.7 Å². The van der Waals surface area contributed by atoms with Gasteiger partial charge in [0.2, 0.25) is 5.82 Å². The van der Waals surface area contributed by atoms with Gasteiger partial charge in [-0.15, -0.1) is 0 Å². The predicted molar refractivity (Wildman–Crippen MR) is 82.3 cm³/mol. The molecule has 2 aromatic rings. The Labute approximate surface area is 145 Å². The van der Waals surface area contributed by atoms with Crippen LogP contribution in [0.4, 0.5) is 17.6 Å². The van der Waals surface area contributed by atoms with Crippen molar-refractivity contribution in [3.05, 3.63) is 35.5 Å². The highest BCUT2D eigenvalue weighted by molar-refractivity contribution is 9.18. The average molecular weight is 419 g/mol. The van der Waals surface area contributed by atoms with Crippen LogP contribution in [0, 0.1) is 5.82 Å². The summed E-state index contributed by atoms with van der Waals surface area (Å²) in [5.41, 5.74) is 0.222. The summed E-state index contributed by atoms with van der Waals surface area (Å²) in [6, 6.07) is 3.27. The van der Waals surface area contributed by atoms with Gasteiger partial charge in [0.1, 0.15) is 5.82 Å². The molecule has 0 unspecified atom stereocenters. The van der Waals surface area contributed by atoms with Crippen LogP contribution >= 0.6 is 15.9 Å². The Morgan fingerprint density at radius 3 is 2.64 bits per heavy atom. The molecule has 0 saturated heterocycles. The van der Waals surface area contributed by atoms with Crippen molar-refractivity contribution in [2.75, 3.05) is 6.54 Å². The summed E-state index contributed by atoms with van der Waals surface area (Å²) in [5, 5.41) is 3.16. The Bertz CT molecular complexity index is 904. The third-order valence-electron chi connectivity index (χ3n) is 3.20. The van der Waals surface area contributed by atoms with Crippen molar-refractivity contribution < 1.29 is 26.9 Å². The van der Waals surface area contributed by atoms with Crippen LogP contribution in [-0.2, 0) is 6.18 Å². The van der Waals surface area contributed by atoms with Gasteiger partial charge in [-0.3, -0.25) is 9.79 Å². The fraction of sp³-hybridized carbons (Fsp3) is 0.214. The molecule has 0 N–H and O–H groups in total. The van der Waals surface area contributed by atoms with Crippen LogP contribution < -0.4 is 0 Å². The maximum Gasteiger partial charge on any atom is 0.471 e. The van der Waals surface area contributed by atoms with Crippen molar-refractivity contribution in [1.29, 1.82) is 0 Å². The number of nitrogens with zero attached hydrogens (tertiary/aromatic N) is 4. The number of Topliss-reactive ketones (excluding diaryl/α,β-unsaturated/α-hetero) is 1. The second-order valence-electron chi connectivity index (χ2n) is 4.98. The van der Waals surface area contributed by atoms with Crippen molar-refractivity contribution in [3.63, 3.8) is 0 Å². The van der Waals surface area contributed by atoms with Gasteiger partial charge in [0.05, 0.1) is 24.2 Å². The molecule has 0 amide bonds. The third-order valence-corrected chi connectivity index (χ3v) is 3.63. The highest BCUT2D eigenvalue weighted by Gasteiger charge is 2.38. The first-order chi connectivity index (χ1) is 11.7. The number of benzene rings is 1. The normalized spacial score (nSPS) is 14.4. The van der Waals surface area contributed by atoms with Crippen LogP contribution in [0.3, 0.4) is 0 Å². The monoisotopic (exact) mass is 418 g/mol. The fourth-order valence-electron chi connectivity index (χ4n) is 2.07. The van der Waals surface area contributed by atoms with E-state index in [1.807, 2.05) is 0 Å². The van der Waals surface area contributed by atoms with Crippen molar-refractivity contribution in [2.45, 2.75) is 12.6 Å². The summed E-state index contributed by atoms with van der Waals surface area (Å²) < 4.78 is 56.0. The zero-order valence-electron chi connectivity index (χ0n) is 12.1. The zero-order valence-corrected chi connectivity index (χ0v) is 13.7. The standard InChI is InChI=1S/C14H7BrF4N4O2/c15-13-20-5-7(21-13)4-10(24)8-2-1-6(3-9(8)16)11-22-12(25-23-11)14(17,18)19/h1-3H,4-5H2. The molecule has 1 aromatic heterocycles. The number of hydrogen-bond donors (Lipinski definition) is 0. The smallest absolute Gasteiger partial charge is 0.329 e. The van der Waals surface area contributed by atoms with E-state index < -0.39 is 29.5 Å². The molecule has 130 valence electrons. The lowest BCUT2D eigenvalue weighted by Gasteiger charge is -2.04. The molecule has 0 radical (unpaired) electrons. The summed E-state index contributed by atoms with van der Waals surface area (Å²) in [6.07, 6.45) is -4.91. The molecular formula is C14H7BrF4N4O2. The van der Waals surface area contributed by atoms with E-state index in [2.05, 4.69) is 40.6 Å².